The van der Waals surface area contributed by atoms with E-state index in [1.807, 2.05) is 61.1 Å². The topological polar surface area (TPSA) is 126 Å². The second-order valence-corrected chi connectivity index (χ2v) is 12.6. The van der Waals surface area contributed by atoms with Gasteiger partial charge >= 0.3 is 0 Å². The van der Waals surface area contributed by atoms with Gasteiger partial charge in [-0.15, -0.1) is 0 Å². The minimum absolute atomic E-state index is 0.106. The average molecular weight is 628 g/mol. The molecule has 0 saturated carbocycles. The zero-order valence-corrected chi connectivity index (χ0v) is 26.6. The fourth-order valence-corrected chi connectivity index (χ4v) is 6.55. The predicted molar refractivity (Wildman–Crippen MR) is 170 cm³/mol. The number of hydrogen-bond donors (Lipinski definition) is 0. The monoisotopic (exact) mass is 627 g/mol. The van der Waals surface area contributed by atoms with Crippen molar-refractivity contribution in [1.29, 1.82) is 0 Å². The zero-order valence-electron chi connectivity index (χ0n) is 25.8. The number of sulfonamides is 1. The van der Waals surface area contributed by atoms with E-state index in [2.05, 4.69) is 15.1 Å². The minimum Gasteiger partial charge on any atom is -0.497 e. The second-order valence-electron chi connectivity index (χ2n) is 10.6. The van der Waals surface area contributed by atoms with Crippen LogP contribution in [0.3, 0.4) is 0 Å². The summed E-state index contributed by atoms with van der Waals surface area (Å²) in [4.78, 5) is 9.16. The minimum atomic E-state index is -3.63. The molecule has 1 atom stereocenters. The summed E-state index contributed by atoms with van der Waals surface area (Å²) in [7, 11) is 1.07. The molecule has 0 N–H and O–H groups in total. The largest absolute Gasteiger partial charge is 0.497 e. The Balaban J connectivity index is 1.39. The lowest BCUT2D eigenvalue weighted by Gasteiger charge is -2.28. The number of aromatic nitrogens is 6. The highest BCUT2D eigenvalue weighted by atomic mass is 32.2. The number of fused-ring (bicyclic) bond motifs is 2. The van der Waals surface area contributed by atoms with Gasteiger partial charge in [0.15, 0.2) is 5.65 Å². The molecule has 0 aliphatic rings. The summed E-state index contributed by atoms with van der Waals surface area (Å²) in [5, 5.41) is 10.1. The summed E-state index contributed by atoms with van der Waals surface area (Å²) >= 11 is 0. The standard InChI is InChI=1S/C32H33N7O5S/c1-20-25-17-34-27(26-18-35-37-13-7-12-33-32(26)37)16-29(25)39(36-20)28-11-9-22(14-31(28)44-5)21(2)38(45(6,40)41)19-23-8-10-24(42-3)15-30(23)43-4/h7-18,21H,19H2,1-6H3. The molecule has 6 aromatic rings. The molecule has 12 nitrogen and oxygen atoms in total. The third kappa shape index (κ3) is 5.56. The van der Waals surface area contributed by atoms with Gasteiger partial charge in [-0.25, -0.2) is 22.6 Å². The van der Waals surface area contributed by atoms with Gasteiger partial charge in [0, 0.05) is 48.2 Å². The zero-order chi connectivity index (χ0) is 31.9. The van der Waals surface area contributed by atoms with Crippen molar-refractivity contribution in [2.75, 3.05) is 27.6 Å². The lowest BCUT2D eigenvalue weighted by molar-refractivity contribution is 0.327. The first-order valence-corrected chi connectivity index (χ1v) is 16.0. The summed E-state index contributed by atoms with van der Waals surface area (Å²) in [6.07, 6.45) is 8.31. The molecule has 0 aliphatic heterocycles. The predicted octanol–water partition coefficient (Wildman–Crippen LogP) is 4.99. The van der Waals surface area contributed by atoms with Crippen LogP contribution in [0.2, 0.25) is 0 Å². The van der Waals surface area contributed by atoms with Gasteiger partial charge in [0.25, 0.3) is 0 Å². The van der Waals surface area contributed by atoms with Gasteiger partial charge in [0.1, 0.15) is 22.9 Å². The highest BCUT2D eigenvalue weighted by Crippen LogP contribution is 2.35. The molecule has 0 bridgehead atoms. The van der Waals surface area contributed by atoms with Crippen molar-refractivity contribution in [3.63, 3.8) is 0 Å². The van der Waals surface area contributed by atoms with Gasteiger partial charge in [0.05, 0.1) is 56.3 Å². The molecule has 0 aliphatic carbocycles. The number of benzene rings is 2. The molecule has 0 saturated heterocycles. The number of ether oxygens (including phenoxy) is 3. The number of rotatable bonds is 10. The van der Waals surface area contributed by atoms with Crippen molar-refractivity contribution in [3.8, 4) is 34.2 Å². The van der Waals surface area contributed by atoms with Gasteiger partial charge in [-0.1, -0.05) is 12.1 Å². The lowest BCUT2D eigenvalue weighted by atomic mass is 10.1. The van der Waals surface area contributed by atoms with Crippen LogP contribution in [0.15, 0.2) is 73.3 Å². The van der Waals surface area contributed by atoms with Crippen LogP contribution < -0.4 is 14.2 Å². The van der Waals surface area contributed by atoms with E-state index in [1.165, 1.54) is 10.6 Å². The normalized spacial score (nSPS) is 12.6. The van der Waals surface area contributed by atoms with Crippen LogP contribution in [-0.2, 0) is 16.6 Å². The van der Waals surface area contributed by atoms with Crippen LogP contribution in [0.4, 0.5) is 0 Å². The van der Waals surface area contributed by atoms with Crippen LogP contribution in [0.5, 0.6) is 17.2 Å². The summed E-state index contributed by atoms with van der Waals surface area (Å²) in [6.45, 7) is 3.88. The molecule has 1 unspecified atom stereocenters. The van der Waals surface area contributed by atoms with Crippen molar-refractivity contribution < 1.29 is 22.6 Å². The highest BCUT2D eigenvalue weighted by Gasteiger charge is 2.27. The fourth-order valence-electron chi connectivity index (χ4n) is 5.48. The van der Waals surface area contributed by atoms with Gasteiger partial charge < -0.3 is 14.2 Å². The molecule has 13 heteroatoms. The van der Waals surface area contributed by atoms with Crippen molar-refractivity contribution in [2.45, 2.75) is 26.4 Å². The van der Waals surface area contributed by atoms with Crippen LogP contribution in [0, 0.1) is 6.92 Å². The SMILES string of the molecule is COc1ccc(CN(C(C)c2ccc(-n3nc(C)c4cnc(-c5cnn6cccnc56)cc43)c(OC)c2)S(C)(=O)=O)c(OC)c1. The number of pyridine rings is 1. The van der Waals surface area contributed by atoms with Crippen LogP contribution in [0.1, 0.15) is 29.8 Å². The highest BCUT2D eigenvalue weighted by molar-refractivity contribution is 7.88. The van der Waals surface area contributed by atoms with Crippen molar-refractivity contribution in [3.05, 3.63) is 90.1 Å². The van der Waals surface area contributed by atoms with E-state index >= 15 is 0 Å². The van der Waals surface area contributed by atoms with Crippen molar-refractivity contribution in [1.82, 2.24) is 33.7 Å². The summed E-state index contributed by atoms with van der Waals surface area (Å²) in [6, 6.07) is 14.2. The summed E-state index contributed by atoms with van der Waals surface area (Å²) < 4.78 is 47.8. The maximum absolute atomic E-state index is 13.1. The van der Waals surface area contributed by atoms with E-state index in [0.29, 0.717) is 39.8 Å². The van der Waals surface area contributed by atoms with Crippen LogP contribution in [-0.4, -0.2) is 69.7 Å². The molecule has 6 rings (SSSR count). The van der Waals surface area contributed by atoms with E-state index in [-0.39, 0.29) is 6.54 Å². The van der Waals surface area contributed by atoms with E-state index in [4.69, 9.17) is 19.3 Å². The quantitative estimate of drug-likeness (QED) is 0.207. The second kappa shape index (κ2) is 11.8. The van der Waals surface area contributed by atoms with E-state index in [9.17, 15) is 8.42 Å². The number of hydrogen-bond acceptors (Lipinski definition) is 9. The molecular formula is C32H33N7O5S. The first kappa shape index (κ1) is 30.0. The molecule has 0 radical (unpaired) electrons. The number of methoxy groups -OCH3 is 3. The van der Waals surface area contributed by atoms with Crippen molar-refractivity contribution >= 4 is 26.6 Å². The Morgan fingerprint density at radius 2 is 1.76 bits per heavy atom. The first-order chi connectivity index (χ1) is 21.6. The van der Waals surface area contributed by atoms with Gasteiger partial charge in [-0.3, -0.25) is 4.98 Å². The summed E-state index contributed by atoms with van der Waals surface area (Å²) in [5.74, 6) is 1.70. The Labute approximate surface area is 260 Å². The Hall–Kier alpha value is -5.01. The molecule has 45 heavy (non-hydrogen) atoms. The molecule has 0 amide bonds. The van der Waals surface area contributed by atoms with Crippen LogP contribution >= 0.6 is 0 Å². The molecule has 0 fully saturated rings. The lowest BCUT2D eigenvalue weighted by Crippen LogP contribution is -2.32. The van der Waals surface area contributed by atoms with E-state index in [1.54, 1.807) is 56.6 Å². The van der Waals surface area contributed by atoms with Crippen molar-refractivity contribution in [2.24, 2.45) is 0 Å². The van der Waals surface area contributed by atoms with Gasteiger partial charge in [-0.2, -0.15) is 14.5 Å². The van der Waals surface area contributed by atoms with Gasteiger partial charge in [-0.05, 0) is 49.7 Å². The molecule has 232 valence electrons. The molecular weight excluding hydrogens is 594 g/mol. The Morgan fingerprint density at radius 1 is 0.956 bits per heavy atom. The van der Waals surface area contributed by atoms with E-state index in [0.717, 1.165) is 27.7 Å². The third-order valence-corrected chi connectivity index (χ3v) is 9.20. The molecule has 4 heterocycles. The maximum atomic E-state index is 13.1. The van der Waals surface area contributed by atoms with E-state index < -0.39 is 16.1 Å². The maximum Gasteiger partial charge on any atom is 0.212 e. The Morgan fingerprint density at radius 3 is 2.49 bits per heavy atom. The number of aryl methyl sites for hydroxylation is 1. The fraction of sp³-hybridized carbons (Fsp3) is 0.250. The van der Waals surface area contributed by atoms with Gasteiger partial charge in [0.2, 0.25) is 10.0 Å². The Bertz CT molecular complexity index is 2140. The molecule has 0 spiro atoms. The summed E-state index contributed by atoms with van der Waals surface area (Å²) in [5.41, 5.74) is 6.00. The molecule has 4 aromatic heterocycles. The first-order valence-electron chi connectivity index (χ1n) is 14.1. The Kier molecular flexibility index (Phi) is 7.89. The smallest absolute Gasteiger partial charge is 0.212 e. The van der Waals surface area contributed by atoms with Crippen LogP contribution in [0.25, 0.3) is 33.5 Å². The third-order valence-electron chi connectivity index (χ3n) is 7.90. The molecule has 2 aromatic carbocycles. The average Bonchev–Trinajstić information content (AvgIpc) is 3.63. The number of nitrogens with zero attached hydrogens (tertiary/aromatic N) is 7.